The molecule has 3 rings (SSSR count). The van der Waals surface area contributed by atoms with Gasteiger partial charge in [0, 0.05) is 25.1 Å². The molecule has 6 heteroatoms. The number of furan rings is 1. The monoisotopic (exact) mass is 303 g/mol. The van der Waals surface area contributed by atoms with Crippen molar-refractivity contribution in [3.8, 4) is 0 Å². The molecule has 0 aliphatic carbocycles. The molecule has 0 radical (unpaired) electrons. The van der Waals surface area contributed by atoms with Gasteiger partial charge in [-0.05, 0) is 26.7 Å². The van der Waals surface area contributed by atoms with Crippen molar-refractivity contribution in [2.75, 3.05) is 18.0 Å². The minimum atomic E-state index is -0.731. The molecule has 0 spiro atoms. The van der Waals surface area contributed by atoms with Gasteiger partial charge in [0.05, 0.1) is 11.3 Å². The number of carboxylic acids is 1. The Morgan fingerprint density at radius 3 is 2.86 bits per heavy atom. The van der Waals surface area contributed by atoms with Crippen LogP contribution in [0.25, 0.3) is 11.1 Å². The number of carbonyl (C=O) groups is 1. The van der Waals surface area contributed by atoms with Crippen molar-refractivity contribution in [1.82, 2.24) is 9.97 Å². The lowest BCUT2D eigenvalue weighted by molar-refractivity contribution is -0.141. The molecule has 2 aromatic rings. The van der Waals surface area contributed by atoms with Crippen LogP contribution in [0.3, 0.4) is 0 Å². The van der Waals surface area contributed by atoms with Crippen LogP contribution in [0.2, 0.25) is 0 Å². The first-order chi connectivity index (χ1) is 10.5. The Morgan fingerprint density at radius 1 is 1.41 bits per heavy atom. The second kappa shape index (κ2) is 5.59. The molecule has 1 N–H and O–H groups in total. The normalized spacial score (nSPS) is 18.9. The standard InChI is InChI=1S/C16H21N3O3/c1-4-12-17-14(13-9(2)10(3)22-15(13)18-12)19-7-5-6-11(8-19)16(20)21/h11H,4-8H2,1-3H3,(H,20,21). The van der Waals surface area contributed by atoms with Crippen LogP contribution in [0.15, 0.2) is 4.42 Å². The molecular formula is C16H21N3O3. The number of aromatic nitrogens is 2. The van der Waals surface area contributed by atoms with E-state index in [1.165, 1.54) is 0 Å². The molecule has 1 atom stereocenters. The van der Waals surface area contributed by atoms with Gasteiger partial charge in [0.1, 0.15) is 17.4 Å². The number of carboxylic acid groups (broad SMARTS) is 1. The molecule has 2 aromatic heterocycles. The molecule has 0 bridgehead atoms. The molecule has 6 nitrogen and oxygen atoms in total. The van der Waals surface area contributed by atoms with Crippen LogP contribution >= 0.6 is 0 Å². The zero-order chi connectivity index (χ0) is 15.9. The highest BCUT2D eigenvalue weighted by Crippen LogP contribution is 2.33. The van der Waals surface area contributed by atoms with Crippen LogP contribution in [0.1, 0.15) is 36.9 Å². The summed E-state index contributed by atoms with van der Waals surface area (Å²) in [6, 6.07) is 0. The molecule has 1 saturated heterocycles. The summed E-state index contributed by atoms with van der Waals surface area (Å²) < 4.78 is 5.75. The van der Waals surface area contributed by atoms with Crippen molar-refractivity contribution < 1.29 is 14.3 Å². The molecule has 118 valence electrons. The first-order valence-corrected chi connectivity index (χ1v) is 7.75. The summed E-state index contributed by atoms with van der Waals surface area (Å²) in [5.41, 5.74) is 1.64. The second-order valence-electron chi connectivity index (χ2n) is 5.90. The van der Waals surface area contributed by atoms with Gasteiger partial charge >= 0.3 is 5.97 Å². The number of aryl methyl sites for hydroxylation is 3. The fourth-order valence-electron chi connectivity index (χ4n) is 3.03. The van der Waals surface area contributed by atoms with Crippen molar-refractivity contribution in [2.24, 2.45) is 5.92 Å². The SMILES string of the molecule is CCc1nc(N2CCCC(C(=O)O)C2)c2c(C)c(C)oc2n1. The number of aliphatic carboxylic acids is 1. The van der Waals surface area contributed by atoms with Crippen molar-refractivity contribution in [3.63, 3.8) is 0 Å². The van der Waals surface area contributed by atoms with Gasteiger partial charge in [-0.15, -0.1) is 0 Å². The van der Waals surface area contributed by atoms with Crippen molar-refractivity contribution >= 4 is 22.9 Å². The largest absolute Gasteiger partial charge is 0.481 e. The highest BCUT2D eigenvalue weighted by atomic mass is 16.4. The molecule has 0 amide bonds. The van der Waals surface area contributed by atoms with E-state index in [-0.39, 0.29) is 5.92 Å². The van der Waals surface area contributed by atoms with Gasteiger partial charge in [-0.1, -0.05) is 6.92 Å². The average molecular weight is 303 g/mol. The predicted molar refractivity (Wildman–Crippen MR) is 83.2 cm³/mol. The lowest BCUT2D eigenvalue weighted by atomic mass is 9.98. The summed E-state index contributed by atoms with van der Waals surface area (Å²) >= 11 is 0. The minimum absolute atomic E-state index is 0.336. The highest BCUT2D eigenvalue weighted by Gasteiger charge is 2.28. The fraction of sp³-hybridized carbons (Fsp3) is 0.562. The average Bonchev–Trinajstić information content (AvgIpc) is 2.81. The highest BCUT2D eigenvalue weighted by molar-refractivity contribution is 5.90. The fourth-order valence-corrected chi connectivity index (χ4v) is 3.03. The molecule has 1 aliphatic rings. The summed E-state index contributed by atoms with van der Waals surface area (Å²) in [6.07, 6.45) is 2.31. The van der Waals surface area contributed by atoms with E-state index in [9.17, 15) is 9.90 Å². The third-order valence-corrected chi connectivity index (χ3v) is 4.44. The third kappa shape index (κ3) is 2.42. The van der Waals surface area contributed by atoms with Crippen LogP contribution in [-0.2, 0) is 11.2 Å². The Balaban J connectivity index is 2.10. The number of fused-ring (bicyclic) bond motifs is 1. The van der Waals surface area contributed by atoms with E-state index >= 15 is 0 Å². The summed E-state index contributed by atoms with van der Waals surface area (Å²) in [5.74, 6) is 1.32. The third-order valence-electron chi connectivity index (χ3n) is 4.44. The molecule has 1 aliphatic heterocycles. The quantitative estimate of drug-likeness (QED) is 0.939. The minimum Gasteiger partial charge on any atom is -0.481 e. The van der Waals surface area contributed by atoms with Gasteiger partial charge in [0.15, 0.2) is 0 Å². The van der Waals surface area contributed by atoms with E-state index in [4.69, 9.17) is 4.42 Å². The molecule has 1 unspecified atom stereocenters. The van der Waals surface area contributed by atoms with Crippen LogP contribution in [0.5, 0.6) is 0 Å². The molecule has 22 heavy (non-hydrogen) atoms. The first-order valence-electron chi connectivity index (χ1n) is 7.75. The smallest absolute Gasteiger partial charge is 0.308 e. The van der Waals surface area contributed by atoms with E-state index in [2.05, 4.69) is 14.9 Å². The summed E-state index contributed by atoms with van der Waals surface area (Å²) in [7, 11) is 0. The van der Waals surface area contributed by atoms with Gasteiger partial charge in [0.25, 0.3) is 0 Å². The maximum absolute atomic E-state index is 11.3. The maximum atomic E-state index is 11.3. The number of anilines is 1. The molecule has 3 heterocycles. The molecule has 0 saturated carbocycles. The zero-order valence-electron chi connectivity index (χ0n) is 13.2. The lowest BCUT2D eigenvalue weighted by Crippen LogP contribution is -2.39. The second-order valence-corrected chi connectivity index (χ2v) is 5.90. The van der Waals surface area contributed by atoms with Crippen molar-refractivity contribution in [2.45, 2.75) is 40.0 Å². The Hall–Kier alpha value is -2.11. The van der Waals surface area contributed by atoms with Gasteiger partial charge < -0.3 is 14.4 Å². The van der Waals surface area contributed by atoms with E-state index in [1.807, 2.05) is 20.8 Å². The summed E-state index contributed by atoms with van der Waals surface area (Å²) in [5, 5.41) is 10.2. The summed E-state index contributed by atoms with van der Waals surface area (Å²) in [4.78, 5) is 22.5. The van der Waals surface area contributed by atoms with Crippen LogP contribution < -0.4 is 4.90 Å². The van der Waals surface area contributed by atoms with Crippen LogP contribution in [-0.4, -0.2) is 34.1 Å². The lowest BCUT2D eigenvalue weighted by Gasteiger charge is -2.32. The number of rotatable bonds is 3. The van der Waals surface area contributed by atoms with E-state index in [1.54, 1.807) is 0 Å². The van der Waals surface area contributed by atoms with Crippen LogP contribution in [0.4, 0.5) is 5.82 Å². The number of nitrogens with zero attached hydrogens (tertiary/aromatic N) is 3. The van der Waals surface area contributed by atoms with E-state index < -0.39 is 5.97 Å². The van der Waals surface area contributed by atoms with Crippen molar-refractivity contribution in [1.29, 1.82) is 0 Å². The Morgan fingerprint density at radius 2 is 2.18 bits per heavy atom. The predicted octanol–water partition coefficient (Wildman–Crippen LogP) is 2.70. The number of piperidine rings is 1. The topological polar surface area (TPSA) is 79.5 Å². The maximum Gasteiger partial charge on any atom is 0.308 e. The summed E-state index contributed by atoms with van der Waals surface area (Å²) in [6.45, 7) is 7.24. The Labute approximate surface area is 129 Å². The number of hydrogen-bond acceptors (Lipinski definition) is 5. The molecular weight excluding hydrogens is 282 g/mol. The van der Waals surface area contributed by atoms with Gasteiger partial charge in [0.2, 0.25) is 5.71 Å². The van der Waals surface area contributed by atoms with Gasteiger partial charge in [-0.25, -0.2) is 4.98 Å². The Bertz CT molecular complexity index is 723. The van der Waals surface area contributed by atoms with E-state index in [0.29, 0.717) is 12.3 Å². The molecule has 0 aromatic carbocycles. The van der Waals surface area contributed by atoms with Gasteiger partial charge in [-0.2, -0.15) is 4.98 Å². The first kappa shape index (κ1) is 14.8. The van der Waals surface area contributed by atoms with Crippen molar-refractivity contribution in [3.05, 3.63) is 17.1 Å². The van der Waals surface area contributed by atoms with E-state index in [0.717, 1.165) is 54.2 Å². The Kier molecular flexibility index (Phi) is 3.76. The van der Waals surface area contributed by atoms with Gasteiger partial charge in [-0.3, -0.25) is 4.79 Å². The molecule has 1 fully saturated rings. The zero-order valence-corrected chi connectivity index (χ0v) is 13.2. The van der Waals surface area contributed by atoms with Crippen LogP contribution in [0, 0.1) is 19.8 Å². The number of hydrogen-bond donors (Lipinski definition) is 1.